The Morgan fingerprint density at radius 3 is 0.791 bits per heavy atom. The fourth-order valence-electron chi connectivity index (χ4n) is 17.8. The Labute approximate surface area is 741 Å². The van der Waals surface area contributed by atoms with Crippen molar-refractivity contribution in [2.75, 3.05) is 0 Å². The molecule has 11 nitrogen and oxygen atoms in total. The summed E-state index contributed by atoms with van der Waals surface area (Å²) in [7, 11) is -3.01. The molecule has 0 atom stereocenters. The summed E-state index contributed by atoms with van der Waals surface area (Å²) in [6.45, 7) is 0. The molecule has 606 valence electrons. The van der Waals surface area contributed by atoms with Crippen LogP contribution in [0, 0.1) is 0 Å². The fourth-order valence-corrected chi connectivity index (χ4v) is 20.5. The van der Waals surface area contributed by atoms with Gasteiger partial charge in [0.05, 0.1) is 39.1 Å². The average molecular weight is 1670 g/mol. The second-order valence-electron chi connectivity index (χ2n) is 31.9. The topological polar surface area (TPSA) is 147 Å². The monoisotopic (exact) mass is 1670 g/mol. The molecule has 0 aliphatic rings. The zero-order chi connectivity index (χ0) is 85.7. The van der Waals surface area contributed by atoms with Crippen LogP contribution in [0.2, 0.25) is 0 Å². The molecule has 8 heterocycles. The standard InChI is InChI=1S/C41H25N3O.C39H26NO2P.C37H23N3O/c1-2-10-26(11-3-1)27-18-20-28(21-19-27)38-32-13-5-8-16-35(32)43-41(44-38)30-24-22-29(23-25-30)39-40-37(31-12-4-7-15-34(31)42-39)33-14-6-9-17-36(33)45-40;41-43(30-11-3-1-4-12-30,31-13-5-2-6-14-31)32-25-23-28(24-26-32)27-19-21-29(22-20-27)38-39-37(33-15-7-9-17-35(33)40-38)34-16-8-10-18-36(34)42-39;1-3-11-24(12-4-1)31-23-32(25-13-5-2-6-14-25)40-37(39-31)27-21-19-26(20-22-27)35-36-34(28-15-7-9-17-30(28)38-35)29-16-8-10-18-33(29)41-36/h1-25H;1-26H;1-23H. The molecule has 25 rings (SSSR count). The highest BCUT2D eigenvalue weighted by Gasteiger charge is 2.30. The predicted octanol–water partition coefficient (Wildman–Crippen LogP) is 29.4. The molecule has 0 amide bonds. The lowest BCUT2D eigenvalue weighted by Crippen LogP contribution is -2.24. The van der Waals surface area contributed by atoms with Gasteiger partial charge < -0.3 is 17.8 Å². The van der Waals surface area contributed by atoms with E-state index in [4.69, 9.17) is 48.1 Å². The third kappa shape index (κ3) is 14.3. The normalized spacial score (nSPS) is 11.6. The Balaban J connectivity index is 0.000000111. The van der Waals surface area contributed by atoms with Crippen LogP contribution in [0.25, 0.3) is 222 Å². The molecule has 8 aromatic heterocycles. The first-order valence-corrected chi connectivity index (χ1v) is 44.7. The Kier molecular flexibility index (Phi) is 19.6. The highest BCUT2D eigenvalue weighted by molar-refractivity contribution is 7.85. The summed E-state index contributed by atoms with van der Waals surface area (Å²) in [6, 6.07) is 152. The van der Waals surface area contributed by atoms with Gasteiger partial charge in [0.25, 0.3) is 0 Å². The van der Waals surface area contributed by atoms with Gasteiger partial charge in [-0.2, -0.15) is 0 Å². The van der Waals surface area contributed by atoms with Crippen LogP contribution in [0.4, 0.5) is 0 Å². The van der Waals surface area contributed by atoms with Crippen molar-refractivity contribution in [3.63, 3.8) is 0 Å². The molecule has 0 fully saturated rings. The van der Waals surface area contributed by atoms with E-state index in [2.05, 4.69) is 237 Å². The third-order valence-electron chi connectivity index (χ3n) is 24.2. The quantitative estimate of drug-likeness (QED) is 0.102. The zero-order valence-corrected chi connectivity index (χ0v) is 70.3. The Morgan fingerprint density at radius 1 is 0.178 bits per heavy atom. The Morgan fingerprint density at radius 2 is 0.426 bits per heavy atom. The minimum Gasteiger partial charge on any atom is -0.454 e. The van der Waals surface area contributed by atoms with Gasteiger partial charge in [-0.3, -0.25) is 0 Å². The second kappa shape index (κ2) is 32.9. The van der Waals surface area contributed by atoms with E-state index < -0.39 is 7.14 Å². The van der Waals surface area contributed by atoms with Crippen LogP contribution in [-0.4, -0.2) is 34.9 Å². The van der Waals surface area contributed by atoms with Gasteiger partial charge in [0.15, 0.2) is 35.5 Å². The lowest BCUT2D eigenvalue weighted by atomic mass is 10.0. The number of nitrogens with zero attached hydrogens (tertiary/aromatic N) is 7. The van der Waals surface area contributed by atoms with Crippen molar-refractivity contribution in [2.45, 2.75) is 0 Å². The van der Waals surface area contributed by atoms with E-state index in [1.165, 1.54) is 11.1 Å². The molecule has 0 bridgehead atoms. The molecule has 0 saturated heterocycles. The summed E-state index contributed by atoms with van der Waals surface area (Å²) in [4.78, 5) is 35.2. The highest BCUT2D eigenvalue weighted by atomic mass is 31.2. The van der Waals surface area contributed by atoms with Gasteiger partial charge in [0, 0.05) is 114 Å². The molecular formula is C117H74N7O4P. The zero-order valence-electron chi connectivity index (χ0n) is 69.4. The van der Waals surface area contributed by atoms with Crippen LogP contribution in [0.5, 0.6) is 0 Å². The number of rotatable bonds is 13. The number of hydrogen-bond donors (Lipinski definition) is 0. The molecule has 129 heavy (non-hydrogen) atoms. The molecule has 0 aliphatic heterocycles. The summed E-state index contributed by atoms with van der Waals surface area (Å²) in [6.07, 6.45) is 0. The highest BCUT2D eigenvalue weighted by Crippen LogP contribution is 2.47. The number of furan rings is 3. The fraction of sp³-hybridized carbons (Fsp3) is 0. The second-order valence-corrected chi connectivity index (χ2v) is 34.7. The van der Waals surface area contributed by atoms with E-state index in [0.717, 1.165) is 215 Å². The van der Waals surface area contributed by atoms with Crippen molar-refractivity contribution in [3.8, 4) is 113 Å². The lowest BCUT2D eigenvalue weighted by molar-refractivity contribution is 0.592. The number of hydrogen-bond acceptors (Lipinski definition) is 11. The molecule has 25 aromatic rings. The maximum Gasteiger partial charge on any atom is 0.171 e. The molecule has 12 heteroatoms. The Bertz CT molecular complexity index is 8490. The molecule has 17 aromatic carbocycles. The maximum absolute atomic E-state index is 14.7. The van der Waals surface area contributed by atoms with Crippen LogP contribution in [-0.2, 0) is 4.57 Å². The molecule has 0 unspecified atom stereocenters. The SMILES string of the molecule is O=P(c1ccccc1)(c1ccccc1)c1ccc(-c2ccc(-c3nc4ccccc4c4c3oc3ccccc34)cc2)cc1.c1ccc(-c2cc(-c3ccccc3)nc(-c3ccc(-c4nc5ccccc5c5c4oc4ccccc45)cc3)n2)cc1.c1ccc(-c2ccc(-c3nc(-c4ccc(-c5nc6ccccc6c6c5oc5ccccc56)cc4)nc4ccccc34)cc2)cc1. The van der Waals surface area contributed by atoms with Crippen molar-refractivity contribution in [1.82, 2.24) is 34.9 Å². The smallest absolute Gasteiger partial charge is 0.171 e. The van der Waals surface area contributed by atoms with Gasteiger partial charge in [0.1, 0.15) is 33.8 Å². The van der Waals surface area contributed by atoms with E-state index in [-0.39, 0.29) is 0 Å². The van der Waals surface area contributed by atoms with Crippen molar-refractivity contribution in [3.05, 3.63) is 449 Å². The van der Waals surface area contributed by atoms with Gasteiger partial charge in [0.2, 0.25) is 0 Å². The number of benzene rings is 17. The van der Waals surface area contributed by atoms with E-state index in [1.807, 2.05) is 212 Å². The maximum atomic E-state index is 14.7. The first-order valence-electron chi connectivity index (χ1n) is 43.0. The summed E-state index contributed by atoms with van der Waals surface area (Å²) < 4.78 is 33.9. The minimum atomic E-state index is -3.01. The predicted molar refractivity (Wildman–Crippen MR) is 530 cm³/mol. The van der Waals surface area contributed by atoms with E-state index in [9.17, 15) is 4.57 Å². The number of aromatic nitrogens is 7. The van der Waals surface area contributed by atoms with Crippen LogP contribution in [0.1, 0.15) is 0 Å². The average Bonchev–Trinajstić information content (AvgIpc) is 1.68. The van der Waals surface area contributed by atoms with Crippen LogP contribution >= 0.6 is 7.14 Å². The van der Waals surface area contributed by atoms with E-state index in [0.29, 0.717) is 11.6 Å². The molecule has 0 spiro atoms. The molecule has 0 aliphatic carbocycles. The molecule has 0 saturated carbocycles. The number of fused-ring (bicyclic) bond motifs is 16. The largest absolute Gasteiger partial charge is 0.454 e. The van der Waals surface area contributed by atoms with Crippen molar-refractivity contribution >= 4 is 132 Å². The van der Waals surface area contributed by atoms with Crippen molar-refractivity contribution in [2.24, 2.45) is 0 Å². The molecule has 0 radical (unpaired) electrons. The van der Waals surface area contributed by atoms with Gasteiger partial charge in [-0.15, -0.1) is 0 Å². The summed E-state index contributed by atoms with van der Waals surface area (Å²) in [5, 5.41) is 13.3. The van der Waals surface area contributed by atoms with E-state index >= 15 is 0 Å². The lowest BCUT2D eigenvalue weighted by Gasteiger charge is -2.20. The number of para-hydroxylation sites is 7. The summed E-state index contributed by atoms with van der Waals surface area (Å²) in [5.41, 5.74) is 26.4. The van der Waals surface area contributed by atoms with Gasteiger partial charge in [-0.1, -0.05) is 400 Å². The third-order valence-corrected chi connectivity index (χ3v) is 27.3. The van der Waals surface area contributed by atoms with Gasteiger partial charge >= 0.3 is 0 Å². The van der Waals surface area contributed by atoms with Crippen LogP contribution < -0.4 is 15.9 Å². The molecular weight excluding hydrogens is 1600 g/mol. The number of pyridine rings is 3. The molecule has 0 N–H and O–H groups in total. The van der Waals surface area contributed by atoms with Crippen LogP contribution in [0.3, 0.4) is 0 Å². The van der Waals surface area contributed by atoms with Crippen molar-refractivity contribution in [1.29, 1.82) is 0 Å². The summed E-state index contributed by atoms with van der Waals surface area (Å²) in [5.74, 6) is 1.36. The van der Waals surface area contributed by atoms with Crippen molar-refractivity contribution < 1.29 is 17.8 Å². The van der Waals surface area contributed by atoms with Gasteiger partial charge in [-0.05, 0) is 70.8 Å². The van der Waals surface area contributed by atoms with Crippen LogP contribution in [0.15, 0.2) is 462 Å². The minimum absolute atomic E-state index is 0.678. The first kappa shape index (κ1) is 76.9. The Hall–Kier alpha value is -17.0. The first-order chi connectivity index (χ1) is 63.8. The van der Waals surface area contributed by atoms with Gasteiger partial charge in [-0.25, -0.2) is 34.9 Å². The van der Waals surface area contributed by atoms with E-state index in [1.54, 1.807) is 0 Å². The summed E-state index contributed by atoms with van der Waals surface area (Å²) >= 11 is 0.